The molecule has 0 aliphatic carbocycles. The molecule has 5 aromatic rings. The van der Waals surface area contributed by atoms with Crippen molar-refractivity contribution in [3.05, 3.63) is 179 Å². The van der Waals surface area contributed by atoms with Gasteiger partial charge in [-0.25, -0.2) is 24.0 Å². The van der Waals surface area contributed by atoms with Crippen LogP contribution >= 0.6 is 0 Å². The second-order valence-electron chi connectivity index (χ2n) is 14.3. The average molecular weight is 847 g/mol. The Hall–Kier alpha value is -6.75. The van der Waals surface area contributed by atoms with Crippen LogP contribution in [-0.4, -0.2) is 108 Å². The molecule has 0 radical (unpaired) electrons. The van der Waals surface area contributed by atoms with Crippen LogP contribution in [0.25, 0.3) is 0 Å². The van der Waals surface area contributed by atoms with Crippen molar-refractivity contribution in [2.24, 2.45) is 0 Å². The number of carbonyl (C=O) groups is 5. The highest BCUT2D eigenvalue weighted by Crippen LogP contribution is 2.33. The summed E-state index contributed by atoms with van der Waals surface area (Å²) < 4.78 is 47.8. The molecule has 2 aliphatic heterocycles. The third kappa shape index (κ3) is 10.4. The number of aliphatic hydroxyl groups is 2. The summed E-state index contributed by atoms with van der Waals surface area (Å²) in [7, 11) is 0. The molecule has 2 aliphatic rings. The molecule has 62 heavy (non-hydrogen) atoms. The van der Waals surface area contributed by atoms with E-state index in [9.17, 15) is 34.2 Å². The fourth-order valence-corrected chi connectivity index (χ4v) is 6.87. The largest absolute Gasteiger partial charge is 0.452 e. The molecule has 2 fully saturated rings. The Morgan fingerprint density at radius 1 is 0.435 bits per heavy atom. The van der Waals surface area contributed by atoms with Crippen LogP contribution in [0.15, 0.2) is 152 Å². The molecule has 0 saturated carbocycles. The number of hydrogen-bond acceptors (Lipinski definition) is 15. The monoisotopic (exact) mass is 846 g/mol. The minimum Gasteiger partial charge on any atom is -0.452 e. The molecule has 320 valence electrons. The van der Waals surface area contributed by atoms with Gasteiger partial charge in [-0.2, -0.15) is 0 Å². The van der Waals surface area contributed by atoms with Gasteiger partial charge in [-0.15, -0.1) is 0 Å². The Labute approximate surface area is 355 Å². The fraction of sp³-hybridized carbons (Fsp3) is 0.255. The van der Waals surface area contributed by atoms with E-state index in [2.05, 4.69) is 0 Å². The number of aliphatic hydroxyl groups excluding tert-OH is 2. The molecule has 0 unspecified atom stereocenters. The van der Waals surface area contributed by atoms with E-state index in [-0.39, 0.29) is 27.8 Å². The summed E-state index contributed by atoms with van der Waals surface area (Å²) >= 11 is 0. The maximum Gasteiger partial charge on any atom is 0.338 e. The first-order valence-electron chi connectivity index (χ1n) is 19.7. The standard InChI is InChI=1S/C47H42O15/c1-28-36(58-41(49)29-17-7-2-8-18-29)39(61-44(52)32-23-13-5-14-24-32)40(62-45(53)33-25-15-6-16-26-33)47(56-28)55-27-34-37(59-42(50)30-19-9-3-10-20-30)38(35(48)46(54)57-34)60-43(51)31-21-11-4-12-22-31/h2-26,28,34-40,46-48,54H,27H2,1H3/t28-,34+,35+,36-,37+,38+,39+,40+,46-,47+/m0/s1. The number of rotatable bonds is 13. The molecular weight excluding hydrogens is 805 g/mol. The molecule has 15 nitrogen and oxygen atoms in total. The highest BCUT2D eigenvalue weighted by Gasteiger charge is 2.54. The van der Waals surface area contributed by atoms with Crippen LogP contribution in [-0.2, 0) is 37.9 Å². The summed E-state index contributed by atoms with van der Waals surface area (Å²) in [5, 5.41) is 22.1. The Balaban J connectivity index is 1.22. The summed E-state index contributed by atoms with van der Waals surface area (Å²) in [6, 6.07) is 39.6. The molecule has 15 heteroatoms. The lowest BCUT2D eigenvalue weighted by Crippen LogP contribution is -2.63. The molecule has 0 amide bonds. The normalized spacial score (nSPS) is 25.7. The second-order valence-corrected chi connectivity index (χ2v) is 14.3. The van der Waals surface area contributed by atoms with E-state index in [0.29, 0.717) is 0 Å². The van der Waals surface area contributed by atoms with Gasteiger partial charge in [0.25, 0.3) is 0 Å². The van der Waals surface area contributed by atoms with Crippen molar-refractivity contribution in [1.29, 1.82) is 0 Å². The SMILES string of the molecule is C[C@@H]1O[C@@H](OC[C@H]2O[C@H](O)[C@H](O)[C@@H](OC(=O)c3ccccc3)[C@@H]2OC(=O)c2ccccc2)[C@H](OC(=O)c2ccccc2)[C@H](OC(=O)c2ccccc2)[C@H]1OC(=O)c1ccccc1. The number of benzene rings is 5. The van der Waals surface area contributed by atoms with Crippen molar-refractivity contribution in [1.82, 2.24) is 0 Å². The van der Waals surface area contributed by atoms with Crippen molar-refractivity contribution in [3.63, 3.8) is 0 Å². The summed E-state index contributed by atoms with van der Waals surface area (Å²) in [5.74, 6) is -4.32. The third-order valence-corrected chi connectivity index (χ3v) is 10.0. The van der Waals surface area contributed by atoms with Crippen molar-refractivity contribution in [3.8, 4) is 0 Å². The van der Waals surface area contributed by atoms with Gasteiger partial charge in [0.05, 0.1) is 40.5 Å². The first kappa shape index (κ1) is 43.3. The van der Waals surface area contributed by atoms with Crippen LogP contribution in [0.3, 0.4) is 0 Å². The number of hydrogen-bond donors (Lipinski definition) is 2. The van der Waals surface area contributed by atoms with Gasteiger partial charge in [-0.1, -0.05) is 91.0 Å². The summed E-state index contributed by atoms with van der Waals surface area (Å²) in [6.07, 6.45) is -16.0. The molecule has 0 spiro atoms. The van der Waals surface area contributed by atoms with Crippen LogP contribution in [0.4, 0.5) is 0 Å². The van der Waals surface area contributed by atoms with Crippen molar-refractivity contribution in [2.75, 3.05) is 6.61 Å². The summed E-state index contributed by atoms with van der Waals surface area (Å²) in [5.41, 5.74) is 0.635. The van der Waals surface area contributed by atoms with Crippen LogP contribution in [0.1, 0.15) is 58.7 Å². The maximum absolute atomic E-state index is 13.8. The molecule has 5 aromatic carbocycles. The van der Waals surface area contributed by atoms with Gasteiger partial charge in [0.1, 0.15) is 12.2 Å². The molecule has 2 heterocycles. The van der Waals surface area contributed by atoms with Gasteiger partial charge in [-0.3, -0.25) is 0 Å². The van der Waals surface area contributed by atoms with E-state index in [1.54, 1.807) is 91.0 Å². The minimum absolute atomic E-state index is 0.105. The Kier molecular flexibility index (Phi) is 14.1. The van der Waals surface area contributed by atoms with E-state index in [4.69, 9.17) is 37.9 Å². The van der Waals surface area contributed by atoms with Gasteiger partial charge in [-0.05, 0) is 67.6 Å². The Morgan fingerprint density at radius 2 is 0.758 bits per heavy atom. The zero-order valence-electron chi connectivity index (χ0n) is 33.1. The Morgan fingerprint density at radius 3 is 1.15 bits per heavy atom. The van der Waals surface area contributed by atoms with Crippen LogP contribution < -0.4 is 0 Å². The van der Waals surface area contributed by atoms with Gasteiger partial charge in [0.15, 0.2) is 43.1 Å². The summed E-state index contributed by atoms with van der Waals surface area (Å²) in [4.78, 5) is 67.9. The lowest BCUT2D eigenvalue weighted by molar-refractivity contribution is -0.319. The molecule has 0 bridgehead atoms. The molecule has 10 atom stereocenters. The molecular formula is C47H42O15. The molecule has 2 saturated heterocycles. The number of ether oxygens (including phenoxy) is 8. The third-order valence-electron chi connectivity index (χ3n) is 10.0. The van der Waals surface area contributed by atoms with Gasteiger partial charge < -0.3 is 48.1 Å². The van der Waals surface area contributed by atoms with E-state index >= 15 is 0 Å². The zero-order chi connectivity index (χ0) is 43.6. The van der Waals surface area contributed by atoms with Crippen molar-refractivity contribution in [2.45, 2.75) is 68.3 Å². The highest BCUT2D eigenvalue weighted by atomic mass is 16.7. The lowest BCUT2D eigenvalue weighted by atomic mass is 9.97. The maximum atomic E-state index is 13.8. The van der Waals surface area contributed by atoms with Crippen molar-refractivity contribution < 1.29 is 72.1 Å². The van der Waals surface area contributed by atoms with E-state index < -0.39 is 97.9 Å². The first-order valence-corrected chi connectivity index (χ1v) is 19.7. The molecule has 0 aromatic heterocycles. The second kappa shape index (κ2) is 20.2. The molecule has 2 N–H and O–H groups in total. The number of carbonyl (C=O) groups excluding carboxylic acids is 5. The number of esters is 5. The highest BCUT2D eigenvalue weighted by molar-refractivity contribution is 5.92. The Bertz CT molecular complexity index is 2280. The lowest BCUT2D eigenvalue weighted by Gasteiger charge is -2.45. The quantitative estimate of drug-likeness (QED) is 0.119. The average Bonchev–Trinajstić information content (AvgIpc) is 3.31. The van der Waals surface area contributed by atoms with Gasteiger partial charge in [0, 0.05) is 0 Å². The van der Waals surface area contributed by atoms with Gasteiger partial charge >= 0.3 is 29.8 Å². The van der Waals surface area contributed by atoms with Crippen molar-refractivity contribution >= 4 is 29.8 Å². The van der Waals surface area contributed by atoms with Crippen LogP contribution in [0.2, 0.25) is 0 Å². The van der Waals surface area contributed by atoms with E-state index in [0.717, 1.165) is 0 Å². The fourth-order valence-electron chi connectivity index (χ4n) is 6.87. The molecule has 7 rings (SSSR count). The smallest absolute Gasteiger partial charge is 0.338 e. The predicted octanol–water partition coefficient (Wildman–Crippen LogP) is 4.95. The summed E-state index contributed by atoms with van der Waals surface area (Å²) in [6.45, 7) is 0.888. The van der Waals surface area contributed by atoms with Crippen LogP contribution in [0.5, 0.6) is 0 Å². The van der Waals surface area contributed by atoms with E-state index in [1.807, 2.05) is 0 Å². The topological polar surface area (TPSA) is 200 Å². The predicted molar refractivity (Wildman–Crippen MR) is 215 cm³/mol. The van der Waals surface area contributed by atoms with E-state index in [1.165, 1.54) is 67.6 Å². The van der Waals surface area contributed by atoms with Crippen LogP contribution in [0, 0.1) is 0 Å². The zero-order valence-corrected chi connectivity index (χ0v) is 33.1. The first-order chi connectivity index (χ1) is 30.1. The minimum atomic E-state index is -1.98. The van der Waals surface area contributed by atoms with Gasteiger partial charge in [0.2, 0.25) is 0 Å².